The molecule has 94 valence electrons. The lowest BCUT2D eigenvalue weighted by Gasteiger charge is -2.16. The van der Waals surface area contributed by atoms with E-state index >= 15 is 0 Å². The molecule has 0 saturated heterocycles. The summed E-state index contributed by atoms with van der Waals surface area (Å²) < 4.78 is 0. The normalized spacial score (nSPS) is 12.1. The number of oxime groups is 1. The molecule has 0 aliphatic heterocycles. The highest BCUT2D eigenvalue weighted by atomic mass is 35.5. The number of hydrogen-bond donors (Lipinski definition) is 2. The summed E-state index contributed by atoms with van der Waals surface area (Å²) in [6.07, 6.45) is 0.522. The van der Waals surface area contributed by atoms with Gasteiger partial charge >= 0.3 is 0 Å². The number of benzene rings is 1. The van der Waals surface area contributed by atoms with Gasteiger partial charge in [-0.1, -0.05) is 34.4 Å². The van der Waals surface area contributed by atoms with Gasteiger partial charge in [0.1, 0.15) is 5.84 Å². The van der Waals surface area contributed by atoms with Gasteiger partial charge in [0, 0.05) is 19.5 Å². The van der Waals surface area contributed by atoms with Crippen molar-refractivity contribution in [3.63, 3.8) is 0 Å². The SMILES string of the molecule is CN(CC/C(N)=N/O)Cc1ccc(Cl)c(Cl)c1. The number of nitrogens with two attached hydrogens (primary N) is 1. The molecule has 0 aliphatic carbocycles. The molecule has 0 radical (unpaired) electrons. The fourth-order valence-corrected chi connectivity index (χ4v) is 1.70. The quantitative estimate of drug-likeness (QED) is 0.376. The molecule has 0 unspecified atom stereocenters. The lowest BCUT2D eigenvalue weighted by molar-refractivity contribution is 0.309. The molecule has 0 fully saturated rings. The van der Waals surface area contributed by atoms with Crippen LogP contribution in [0.2, 0.25) is 10.0 Å². The second kappa shape index (κ2) is 6.69. The van der Waals surface area contributed by atoms with Crippen molar-refractivity contribution in [1.29, 1.82) is 0 Å². The molecule has 0 aliphatic rings. The fourth-order valence-electron chi connectivity index (χ4n) is 1.38. The molecule has 1 aromatic carbocycles. The van der Waals surface area contributed by atoms with Crippen molar-refractivity contribution in [3.05, 3.63) is 33.8 Å². The van der Waals surface area contributed by atoms with E-state index in [9.17, 15) is 0 Å². The molecular weight excluding hydrogens is 261 g/mol. The Morgan fingerprint density at radius 3 is 2.71 bits per heavy atom. The zero-order chi connectivity index (χ0) is 12.8. The summed E-state index contributed by atoms with van der Waals surface area (Å²) in [5.41, 5.74) is 6.46. The lowest BCUT2D eigenvalue weighted by Crippen LogP contribution is -2.24. The molecular formula is C11H15Cl2N3O. The first-order valence-electron chi connectivity index (χ1n) is 5.12. The van der Waals surface area contributed by atoms with Crippen LogP contribution in [-0.4, -0.2) is 29.5 Å². The molecule has 0 atom stereocenters. The van der Waals surface area contributed by atoms with Gasteiger partial charge in [-0.05, 0) is 24.7 Å². The third kappa shape index (κ3) is 4.81. The topological polar surface area (TPSA) is 61.8 Å². The molecule has 17 heavy (non-hydrogen) atoms. The third-order valence-electron chi connectivity index (χ3n) is 2.31. The Morgan fingerprint density at radius 1 is 1.41 bits per heavy atom. The Labute approximate surface area is 111 Å². The summed E-state index contributed by atoms with van der Waals surface area (Å²) in [7, 11) is 1.95. The number of hydrogen-bond acceptors (Lipinski definition) is 3. The van der Waals surface area contributed by atoms with Gasteiger partial charge in [0.05, 0.1) is 10.0 Å². The van der Waals surface area contributed by atoms with Crippen LogP contribution in [0.4, 0.5) is 0 Å². The van der Waals surface area contributed by atoms with Gasteiger partial charge in [0.15, 0.2) is 0 Å². The molecule has 0 spiro atoms. The number of nitrogens with zero attached hydrogens (tertiary/aromatic N) is 2. The van der Waals surface area contributed by atoms with Crippen LogP contribution >= 0.6 is 23.2 Å². The van der Waals surface area contributed by atoms with Crippen molar-refractivity contribution in [1.82, 2.24) is 4.90 Å². The van der Waals surface area contributed by atoms with Crippen molar-refractivity contribution in [2.75, 3.05) is 13.6 Å². The molecule has 0 heterocycles. The molecule has 1 rings (SSSR count). The fraction of sp³-hybridized carbons (Fsp3) is 0.364. The summed E-state index contributed by atoms with van der Waals surface area (Å²) in [5, 5.41) is 12.4. The van der Waals surface area contributed by atoms with E-state index in [0.29, 0.717) is 23.0 Å². The second-order valence-electron chi connectivity index (χ2n) is 3.83. The molecule has 0 bridgehead atoms. The molecule has 3 N–H and O–H groups in total. The van der Waals surface area contributed by atoms with Gasteiger partial charge in [0.2, 0.25) is 0 Å². The van der Waals surface area contributed by atoms with Crippen LogP contribution in [0.3, 0.4) is 0 Å². The highest BCUT2D eigenvalue weighted by molar-refractivity contribution is 6.42. The summed E-state index contributed by atoms with van der Waals surface area (Å²) in [6, 6.07) is 5.54. The molecule has 0 aromatic heterocycles. The Kier molecular flexibility index (Phi) is 5.55. The van der Waals surface area contributed by atoms with Gasteiger partial charge in [-0.3, -0.25) is 0 Å². The van der Waals surface area contributed by atoms with Crippen LogP contribution in [0, 0.1) is 0 Å². The van der Waals surface area contributed by atoms with E-state index < -0.39 is 0 Å². The van der Waals surface area contributed by atoms with Crippen LogP contribution in [-0.2, 0) is 6.54 Å². The highest BCUT2D eigenvalue weighted by Gasteiger charge is 2.04. The van der Waals surface area contributed by atoms with E-state index in [0.717, 1.165) is 12.1 Å². The minimum absolute atomic E-state index is 0.228. The maximum atomic E-state index is 8.42. The van der Waals surface area contributed by atoms with E-state index in [1.165, 1.54) is 0 Å². The minimum Gasteiger partial charge on any atom is -0.409 e. The van der Waals surface area contributed by atoms with Crippen molar-refractivity contribution in [2.45, 2.75) is 13.0 Å². The predicted octanol–water partition coefficient (Wildman–Crippen LogP) is 2.56. The van der Waals surface area contributed by atoms with Gasteiger partial charge in [-0.25, -0.2) is 0 Å². The maximum Gasteiger partial charge on any atom is 0.140 e. The van der Waals surface area contributed by atoms with Crippen LogP contribution in [0.5, 0.6) is 0 Å². The first kappa shape index (κ1) is 14.1. The van der Waals surface area contributed by atoms with E-state index in [-0.39, 0.29) is 5.84 Å². The predicted molar refractivity (Wildman–Crippen MR) is 70.8 cm³/mol. The van der Waals surface area contributed by atoms with E-state index in [2.05, 4.69) is 10.1 Å². The number of halogens is 2. The second-order valence-corrected chi connectivity index (χ2v) is 4.64. The summed E-state index contributed by atoms with van der Waals surface area (Å²) >= 11 is 11.8. The van der Waals surface area contributed by atoms with E-state index in [1.807, 2.05) is 19.2 Å². The Hall–Kier alpha value is -0.970. The smallest absolute Gasteiger partial charge is 0.140 e. The lowest BCUT2D eigenvalue weighted by atomic mass is 10.2. The summed E-state index contributed by atoms with van der Waals surface area (Å²) in [5.74, 6) is 0.228. The maximum absolute atomic E-state index is 8.42. The highest BCUT2D eigenvalue weighted by Crippen LogP contribution is 2.23. The summed E-state index contributed by atoms with van der Waals surface area (Å²) in [4.78, 5) is 2.05. The Morgan fingerprint density at radius 2 is 2.12 bits per heavy atom. The van der Waals surface area contributed by atoms with Crippen molar-refractivity contribution in [3.8, 4) is 0 Å². The van der Waals surface area contributed by atoms with Crippen LogP contribution < -0.4 is 5.73 Å². The van der Waals surface area contributed by atoms with Crippen LogP contribution in [0.25, 0.3) is 0 Å². The number of amidine groups is 1. The van der Waals surface area contributed by atoms with Crippen LogP contribution in [0.1, 0.15) is 12.0 Å². The Balaban J connectivity index is 2.50. The average molecular weight is 276 g/mol. The van der Waals surface area contributed by atoms with Crippen molar-refractivity contribution >= 4 is 29.0 Å². The van der Waals surface area contributed by atoms with E-state index in [1.54, 1.807) is 6.07 Å². The monoisotopic (exact) mass is 275 g/mol. The molecule has 6 heteroatoms. The zero-order valence-corrected chi connectivity index (χ0v) is 11.0. The van der Waals surface area contributed by atoms with Crippen LogP contribution in [0.15, 0.2) is 23.4 Å². The van der Waals surface area contributed by atoms with Gasteiger partial charge in [-0.2, -0.15) is 0 Å². The first-order valence-corrected chi connectivity index (χ1v) is 5.87. The third-order valence-corrected chi connectivity index (χ3v) is 3.05. The Bertz CT molecular complexity index is 410. The molecule has 1 aromatic rings. The van der Waals surface area contributed by atoms with Crippen molar-refractivity contribution in [2.24, 2.45) is 10.9 Å². The van der Waals surface area contributed by atoms with E-state index in [4.69, 9.17) is 34.1 Å². The first-order chi connectivity index (χ1) is 8.02. The molecule has 0 amide bonds. The average Bonchev–Trinajstić information content (AvgIpc) is 2.31. The number of rotatable bonds is 5. The summed E-state index contributed by atoms with van der Waals surface area (Å²) in [6.45, 7) is 1.44. The van der Waals surface area contributed by atoms with Gasteiger partial charge in [0.25, 0.3) is 0 Å². The van der Waals surface area contributed by atoms with Crippen molar-refractivity contribution < 1.29 is 5.21 Å². The zero-order valence-electron chi connectivity index (χ0n) is 9.53. The van der Waals surface area contributed by atoms with Gasteiger partial charge in [-0.15, -0.1) is 0 Å². The molecule has 0 saturated carbocycles. The minimum atomic E-state index is 0.228. The largest absolute Gasteiger partial charge is 0.409 e. The standard InChI is InChI=1S/C11H15Cl2N3O/c1-16(5-4-11(14)15-17)7-8-2-3-9(12)10(13)6-8/h2-3,6,17H,4-5,7H2,1H3,(H2,14,15). The molecule has 4 nitrogen and oxygen atoms in total. The van der Waals surface area contributed by atoms with Gasteiger partial charge < -0.3 is 15.8 Å².